The molecule has 1 fully saturated rings. The minimum absolute atomic E-state index is 0.0167. The van der Waals surface area contributed by atoms with E-state index in [-0.39, 0.29) is 29.2 Å². The average Bonchev–Trinajstić information content (AvgIpc) is 3.33. The van der Waals surface area contributed by atoms with Gasteiger partial charge in [-0.05, 0) is 31.5 Å². The van der Waals surface area contributed by atoms with Crippen LogP contribution in [0.2, 0.25) is 0 Å². The molecule has 0 aliphatic carbocycles. The summed E-state index contributed by atoms with van der Waals surface area (Å²) in [5.74, 6) is 0.293. The molecule has 136 valence electrons. The number of aryl methyl sites for hydroxylation is 1. The summed E-state index contributed by atoms with van der Waals surface area (Å²) in [5.41, 5.74) is 1.61. The van der Waals surface area contributed by atoms with Crippen LogP contribution >= 0.6 is 0 Å². The van der Waals surface area contributed by atoms with Gasteiger partial charge >= 0.3 is 0 Å². The second-order valence-electron chi connectivity index (χ2n) is 6.45. The van der Waals surface area contributed by atoms with E-state index in [0.29, 0.717) is 34.5 Å². The highest BCUT2D eigenvalue weighted by Crippen LogP contribution is 2.29. The zero-order valence-corrected chi connectivity index (χ0v) is 15.1. The van der Waals surface area contributed by atoms with E-state index in [4.69, 9.17) is 8.94 Å². The summed E-state index contributed by atoms with van der Waals surface area (Å²) in [6.45, 7) is 1.73. The van der Waals surface area contributed by atoms with Crippen LogP contribution in [0.3, 0.4) is 0 Å². The molecule has 0 aromatic carbocycles. The summed E-state index contributed by atoms with van der Waals surface area (Å²) >= 11 is 0. The molecule has 1 aliphatic rings. The molecule has 3 aromatic heterocycles. The van der Waals surface area contributed by atoms with E-state index in [1.54, 1.807) is 32.2 Å². The Balaban J connectivity index is 1.79. The molecule has 0 N–H and O–H groups in total. The molecule has 0 unspecified atom stereocenters. The molecular weight excluding hydrogens is 358 g/mol. The van der Waals surface area contributed by atoms with E-state index in [9.17, 15) is 13.2 Å². The Morgan fingerprint density at radius 3 is 2.85 bits per heavy atom. The summed E-state index contributed by atoms with van der Waals surface area (Å²) in [5, 5.41) is 4.43. The SMILES string of the molecule is Cc1noc2nc(-c3ccco3)cc(C(=O)N(C)[C@H]3CCS(=O)(=O)C3)c12. The first-order valence-electron chi connectivity index (χ1n) is 8.14. The third-order valence-electron chi connectivity index (χ3n) is 4.70. The van der Waals surface area contributed by atoms with Gasteiger partial charge in [0.15, 0.2) is 15.6 Å². The smallest absolute Gasteiger partial charge is 0.259 e. The number of hydrogen-bond acceptors (Lipinski definition) is 7. The van der Waals surface area contributed by atoms with Crippen molar-refractivity contribution in [2.75, 3.05) is 18.6 Å². The van der Waals surface area contributed by atoms with Crippen LogP contribution in [0.5, 0.6) is 0 Å². The van der Waals surface area contributed by atoms with Crippen LogP contribution in [0.15, 0.2) is 33.4 Å². The van der Waals surface area contributed by atoms with Gasteiger partial charge in [-0.15, -0.1) is 0 Å². The molecule has 0 bridgehead atoms. The number of aromatic nitrogens is 2. The lowest BCUT2D eigenvalue weighted by Crippen LogP contribution is -2.38. The Labute approximate surface area is 149 Å². The van der Waals surface area contributed by atoms with Crippen molar-refractivity contribution in [3.63, 3.8) is 0 Å². The van der Waals surface area contributed by atoms with E-state index >= 15 is 0 Å². The minimum atomic E-state index is -3.09. The largest absolute Gasteiger partial charge is 0.463 e. The second-order valence-corrected chi connectivity index (χ2v) is 8.68. The molecule has 0 saturated carbocycles. The van der Waals surface area contributed by atoms with Crippen LogP contribution in [-0.4, -0.2) is 54.0 Å². The summed E-state index contributed by atoms with van der Waals surface area (Å²) < 4.78 is 34.1. The fourth-order valence-corrected chi connectivity index (χ4v) is 5.02. The van der Waals surface area contributed by atoms with Gasteiger partial charge in [0.1, 0.15) is 5.69 Å². The lowest BCUT2D eigenvalue weighted by atomic mass is 10.1. The number of carbonyl (C=O) groups excluding carboxylic acids is 1. The highest BCUT2D eigenvalue weighted by molar-refractivity contribution is 7.91. The number of pyridine rings is 1. The maximum Gasteiger partial charge on any atom is 0.259 e. The van der Waals surface area contributed by atoms with Gasteiger partial charge in [0.25, 0.3) is 11.6 Å². The van der Waals surface area contributed by atoms with Crippen molar-refractivity contribution in [1.82, 2.24) is 15.0 Å². The highest BCUT2D eigenvalue weighted by Gasteiger charge is 2.34. The summed E-state index contributed by atoms with van der Waals surface area (Å²) in [6.07, 6.45) is 1.95. The van der Waals surface area contributed by atoms with Gasteiger partial charge in [0.05, 0.1) is 34.4 Å². The number of hydrogen-bond donors (Lipinski definition) is 0. The third-order valence-corrected chi connectivity index (χ3v) is 6.45. The molecule has 1 atom stereocenters. The molecule has 1 amide bonds. The first-order chi connectivity index (χ1) is 12.4. The standard InChI is InChI=1S/C17H17N3O5S/c1-10-15-12(17(21)20(2)11-5-7-26(22,23)9-11)8-13(14-4-3-6-24-14)18-16(15)25-19-10/h3-4,6,8,11H,5,7,9H2,1-2H3/t11-/m0/s1. The Kier molecular flexibility index (Phi) is 3.83. The van der Waals surface area contributed by atoms with Crippen molar-refractivity contribution < 1.29 is 22.2 Å². The summed E-state index contributed by atoms with van der Waals surface area (Å²) in [4.78, 5) is 19.0. The normalized spacial score (nSPS) is 19.1. The van der Waals surface area contributed by atoms with Crippen molar-refractivity contribution in [2.24, 2.45) is 0 Å². The molecule has 9 heteroatoms. The maximum atomic E-state index is 13.1. The molecule has 3 aromatic rings. The van der Waals surface area contributed by atoms with Crippen molar-refractivity contribution in [3.8, 4) is 11.5 Å². The summed E-state index contributed by atoms with van der Waals surface area (Å²) in [7, 11) is -1.47. The van der Waals surface area contributed by atoms with Crippen LogP contribution in [0.25, 0.3) is 22.6 Å². The molecular formula is C17H17N3O5S. The van der Waals surface area contributed by atoms with Crippen molar-refractivity contribution in [1.29, 1.82) is 0 Å². The number of sulfone groups is 1. The first kappa shape index (κ1) is 16.8. The Morgan fingerprint density at radius 1 is 1.38 bits per heavy atom. The minimum Gasteiger partial charge on any atom is -0.463 e. The van der Waals surface area contributed by atoms with E-state index in [0.717, 1.165) is 0 Å². The van der Waals surface area contributed by atoms with Crippen molar-refractivity contribution in [3.05, 3.63) is 35.7 Å². The monoisotopic (exact) mass is 375 g/mol. The Morgan fingerprint density at radius 2 is 2.19 bits per heavy atom. The van der Waals surface area contributed by atoms with Crippen LogP contribution in [0.4, 0.5) is 0 Å². The Bertz CT molecular complexity index is 1090. The van der Waals surface area contributed by atoms with Gasteiger partial charge in [0, 0.05) is 13.1 Å². The van der Waals surface area contributed by atoms with Gasteiger partial charge in [-0.25, -0.2) is 13.4 Å². The fraction of sp³-hybridized carbons (Fsp3) is 0.353. The number of rotatable bonds is 3. The van der Waals surface area contributed by atoms with E-state index < -0.39 is 9.84 Å². The van der Waals surface area contributed by atoms with Crippen LogP contribution in [-0.2, 0) is 9.84 Å². The van der Waals surface area contributed by atoms with Crippen molar-refractivity contribution in [2.45, 2.75) is 19.4 Å². The van der Waals surface area contributed by atoms with Gasteiger partial charge in [0.2, 0.25) is 0 Å². The quantitative estimate of drug-likeness (QED) is 0.689. The van der Waals surface area contributed by atoms with Crippen molar-refractivity contribution >= 4 is 26.8 Å². The van der Waals surface area contributed by atoms with E-state index in [1.807, 2.05) is 0 Å². The highest BCUT2D eigenvalue weighted by atomic mass is 32.2. The van der Waals surface area contributed by atoms with E-state index in [1.165, 1.54) is 11.2 Å². The van der Waals surface area contributed by atoms with Crippen LogP contribution in [0.1, 0.15) is 22.5 Å². The Hall–Kier alpha value is -2.68. The van der Waals surface area contributed by atoms with Crippen LogP contribution < -0.4 is 0 Å². The average molecular weight is 375 g/mol. The van der Waals surface area contributed by atoms with Gasteiger partial charge in [-0.1, -0.05) is 5.16 Å². The molecule has 8 nitrogen and oxygen atoms in total. The molecule has 1 saturated heterocycles. The van der Waals surface area contributed by atoms with Crippen LogP contribution in [0, 0.1) is 6.92 Å². The topological polar surface area (TPSA) is 107 Å². The molecule has 0 spiro atoms. The van der Waals surface area contributed by atoms with E-state index in [2.05, 4.69) is 10.1 Å². The molecule has 4 rings (SSSR count). The number of nitrogens with zero attached hydrogens (tertiary/aromatic N) is 3. The predicted molar refractivity (Wildman–Crippen MR) is 93.4 cm³/mol. The number of fused-ring (bicyclic) bond motifs is 1. The first-order valence-corrected chi connectivity index (χ1v) is 9.96. The molecule has 4 heterocycles. The fourth-order valence-electron chi connectivity index (χ4n) is 3.25. The maximum absolute atomic E-state index is 13.1. The zero-order chi connectivity index (χ0) is 18.5. The second kappa shape index (κ2) is 5.94. The summed E-state index contributed by atoms with van der Waals surface area (Å²) in [6, 6.07) is 4.75. The lowest BCUT2D eigenvalue weighted by molar-refractivity contribution is 0.0749. The molecule has 0 radical (unpaired) electrons. The zero-order valence-electron chi connectivity index (χ0n) is 14.3. The van der Waals surface area contributed by atoms with Gasteiger partial charge in [-0.2, -0.15) is 0 Å². The lowest BCUT2D eigenvalue weighted by Gasteiger charge is -2.23. The van der Waals surface area contributed by atoms with Gasteiger partial charge < -0.3 is 13.8 Å². The van der Waals surface area contributed by atoms with Gasteiger partial charge in [-0.3, -0.25) is 4.79 Å². The molecule has 26 heavy (non-hydrogen) atoms. The number of furan rings is 1. The molecule has 1 aliphatic heterocycles. The third kappa shape index (κ3) is 2.78. The number of amides is 1. The number of carbonyl (C=O) groups is 1. The predicted octanol–water partition coefficient (Wildman–Crippen LogP) is 2.05.